The largest absolute Gasteiger partial charge is 0.382 e. The second-order valence-corrected chi connectivity index (χ2v) is 4.33. The van der Waals surface area contributed by atoms with Crippen LogP contribution in [0.3, 0.4) is 0 Å². The molecular weight excluding hydrogens is 220 g/mol. The number of carbonyl (C=O) groups excluding carboxylic acids is 1. The number of hydrogen-bond acceptors (Lipinski definition) is 4. The van der Waals surface area contributed by atoms with Crippen molar-refractivity contribution in [3.05, 3.63) is 0 Å². The van der Waals surface area contributed by atoms with E-state index in [2.05, 4.69) is 12.2 Å². The van der Waals surface area contributed by atoms with Crippen molar-refractivity contribution in [1.29, 1.82) is 0 Å². The molecule has 0 saturated carbocycles. The molecule has 1 fully saturated rings. The number of hydrogen-bond donors (Lipinski definition) is 1. The van der Waals surface area contributed by atoms with Crippen LogP contribution in [0.2, 0.25) is 0 Å². The topological polar surface area (TPSA) is 50.8 Å². The minimum atomic E-state index is -0.0643. The highest BCUT2D eigenvalue weighted by Crippen LogP contribution is 2.14. The van der Waals surface area contributed by atoms with E-state index in [-0.39, 0.29) is 18.1 Å². The molecule has 0 bridgehead atoms. The van der Waals surface area contributed by atoms with E-state index in [0.29, 0.717) is 26.4 Å². The fourth-order valence-corrected chi connectivity index (χ4v) is 2.04. The minimum absolute atomic E-state index is 0.0643. The lowest BCUT2D eigenvalue weighted by atomic mass is 10.2. The molecule has 0 aromatic rings. The van der Waals surface area contributed by atoms with Gasteiger partial charge in [0.05, 0.1) is 32.0 Å². The van der Waals surface area contributed by atoms with Gasteiger partial charge in [0.15, 0.2) is 0 Å². The van der Waals surface area contributed by atoms with E-state index < -0.39 is 0 Å². The molecule has 5 nitrogen and oxygen atoms in total. The fourth-order valence-electron chi connectivity index (χ4n) is 2.04. The number of carbonyl (C=O) groups is 1. The molecule has 0 spiro atoms. The zero-order valence-electron chi connectivity index (χ0n) is 11.1. The number of nitrogens with zero attached hydrogens (tertiary/aromatic N) is 1. The van der Waals surface area contributed by atoms with E-state index in [0.717, 1.165) is 12.8 Å². The Morgan fingerprint density at radius 3 is 2.76 bits per heavy atom. The Balaban J connectivity index is 2.30. The van der Waals surface area contributed by atoms with Crippen LogP contribution >= 0.6 is 0 Å². The summed E-state index contributed by atoms with van der Waals surface area (Å²) in [5.74, 6) is 0.179. The van der Waals surface area contributed by atoms with Crippen LogP contribution in [0, 0.1) is 0 Å². The summed E-state index contributed by atoms with van der Waals surface area (Å²) < 4.78 is 10.3. The van der Waals surface area contributed by atoms with Crippen LogP contribution in [-0.4, -0.2) is 56.5 Å². The van der Waals surface area contributed by atoms with E-state index in [1.807, 2.05) is 11.8 Å². The summed E-state index contributed by atoms with van der Waals surface area (Å²) >= 11 is 0. The average Bonchev–Trinajstić information content (AvgIpc) is 2.57. The van der Waals surface area contributed by atoms with E-state index in [1.165, 1.54) is 0 Å². The lowest BCUT2D eigenvalue weighted by Gasteiger charge is -2.23. The maximum atomic E-state index is 11.9. The van der Waals surface area contributed by atoms with Gasteiger partial charge in [-0.1, -0.05) is 13.3 Å². The van der Waals surface area contributed by atoms with Gasteiger partial charge in [-0.2, -0.15) is 0 Å². The molecule has 0 aromatic carbocycles. The second-order valence-electron chi connectivity index (χ2n) is 4.33. The normalized spacial score (nSPS) is 24.6. The highest BCUT2D eigenvalue weighted by molar-refractivity contribution is 5.83. The molecule has 1 amide bonds. The molecule has 2 atom stereocenters. The van der Waals surface area contributed by atoms with Gasteiger partial charge in [0.1, 0.15) is 0 Å². The van der Waals surface area contributed by atoms with Crippen LogP contribution < -0.4 is 5.32 Å². The zero-order valence-corrected chi connectivity index (χ0v) is 11.1. The van der Waals surface area contributed by atoms with Crippen LogP contribution in [0.15, 0.2) is 0 Å². The van der Waals surface area contributed by atoms with Gasteiger partial charge >= 0.3 is 0 Å². The third-order valence-electron chi connectivity index (χ3n) is 2.94. The van der Waals surface area contributed by atoms with Crippen molar-refractivity contribution in [1.82, 2.24) is 10.2 Å². The van der Waals surface area contributed by atoms with Crippen molar-refractivity contribution in [2.75, 3.05) is 33.5 Å². The molecule has 0 aliphatic carbocycles. The molecule has 0 radical (unpaired) electrons. The van der Waals surface area contributed by atoms with E-state index in [1.54, 1.807) is 7.11 Å². The maximum Gasteiger partial charge on any atom is 0.240 e. The molecule has 1 saturated heterocycles. The van der Waals surface area contributed by atoms with E-state index >= 15 is 0 Å². The molecule has 100 valence electrons. The summed E-state index contributed by atoms with van der Waals surface area (Å²) in [5.41, 5.74) is 0. The predicted octanol–water partition coefficient (Wildman–Crippen LogP) is 0.596. The summed E-state index contributed by atoms with van der Waals surface area (Å²) in [6.45, 7) is 6.45. The molecular formula is C12H24N2O3. The molecule has 17 heavy (non-hydrogen) atoms. The summed E-state index contributed by atoms with van der Waals surface area (Å²) in [4.78, 5) is 13.8. The van der Waals surface area contributed by atoms with Gasteiger partial charge < -0.3 is 14.4 Å². The Morgan fingerprint density at radius 1 is 1.35 bits per heavy atom. The van der Waals surface area contributed by atoms with Gasteiger partial charge in [-0.3, -0.25) is 10.1 Å². The first-order chi connectivity index (χ1) is 8.20. The highest BCUT2D eigenvalue weighted by Gasteiger charge is 2.34. The van der Waals surface area contributed by atoms with Crippen molar-refractivity contribution >= 4 is 5.91 Å². The monoisotopic (exact) mass is 244 g/mol. The Bertz CT molecular complexity index is 236. The average molecular weight is 244 g/mol. The van der Waals surface area contributed by atoms with Crippen LogP contribution in [0.25, 0.3) is 0 Å². The van der Waals surface area contributed by atoms with Gasteiger partial charge in [0.25, 0.3) is 0 Å². The minimum Gasteiger partial charge on any atom is -0.382 e. The summed E-state index contributed by atoms with van der Waals surface area (Å²) in [6, 6.07) is -0.0643. The molecule has 0 aromatic heterocycles. The Labute approximate surface area is 103 Å². The Kier molecular flexibility index (Phi) is 6.47. The van der Waals surface area contributed by atoms with E-state index in [4.69, 9.17) is 9.47 Å². The highest BCUT2D eigenvalue weighted by atomic mass is 16.5. The van der Waals surface area contributed by atoms with Gasteiger partial charge in [-0.25, -0.2) is 0 Å². The first-order valence-electron chi connectivity index (χ1n) is 6.34. The maximum absolute atomic E-state index is 11.9. The quantitative estimate of drug-likeness (QED) is 0.635. The first-order valence-corrected chi connectivity index (χ1v) is 6.34. The molecule has 1 N–H and O–H groups in total. The molecule has 1 heterocycles. The molecule has 2 unspecified atom stereocenters. The van der Waals surface area contributed by atoms with Crippen LogP contribution in [0.4, 0.5) is 0 Å². The molecule has 5 heteroatoms. The molecule has 1 rings (SSSR count). The summed E-state index contributed by atoms with van der Waals surface area (Å²) in [7, 11) is 1.65. The second kappa shape index (κ2) is 7.63. The predicted molar refractivity (Wildman–Crippen MR) is 65.7 cm³/mol. The number of methoxy groups -OCH3 is 1. The van der Waals surface area contributed by atoms with Crippen molar-refractivity contribution in [3.63, 3.8) is 0 Å². The lowest BCUT2D eigenvalue weighted by Crippen LogP contribution is -2.39. The van der Waals surface area contributed by atoms with Gasteiger partial charge in [-0.15, -0.1) is 0 Å². The van der Waals surface area contributed by atoms with Gasteiger partial charge in [0, 0.05) is 13.7 Å². The Morgan fingerprint density at radius 2 is 2.12 bits per heavy atom. The molecule has 1 aliphatic heterocycles. The van der Waals surface area contributed by atoms with Gasteiger partial charge in [0.2, 0.25) is 5.91 Å². The fraction of sp³-hybridized carbons (Fsp3) is 0.917. The van der Waals surface area contributed by atoms with Crippen molar-refractivity contribution in [2.45, 2.75) is 38.9 Å². The number of amides is 1. The number of rotatable bonds is 8. The van der Waals surface area contributed by atoms with Crippen LogP contribution in [-0.2, 0) is 14.3 Å². The third kappa shape index (κ3) is 4.26. The summed E-state index contributed by atoms with van der Waals surface area (Å²) in [6.07, 6.45) is 2.24. The smallest absolute Gasteiger partial charge is 0.240 e. The number of ether oxygens (including phenoxy) is 2. The van der Waals surface area contributed by atoms with Crippen molar-refractivity contribution < 1.29 is 14.3 Å². The standard InChI is InChI=1S/C12H24N2O3/c1-4-5-11-13-10(2)12(15)14(11)6-7-17-9-8-16-3/h10-11,13H,4-9H2,1-3H3. The first kappa shape index (κ1) is 14.4. The van der Waals surface area contributed by atoms with Gasteiger partial charge in [-0.05, 0) is 13.3 Å². The summed E-state index contributed by atoms with van der Waals surface area (Å²) in [5, 5.41) is 3.30. The molecule has 1 aliphatic rings. The Hall–Kier alpha value is -0.650. The van der Waals surface area contributed by atoms with Crippen molar-refractivity contribution in [2.24, 2.45) is 0 Å². The van der Waals surface area contributed by atoms with E-state index in [9.17, 15) is 4.79 Å². The number of nitrogens with one attached hydrogen (secondary N) is 1. The van der Waals surface area contributed by atoms with Crippen LogP contribution in [0.5, 0.6) is 0 Å². The lowest BCUT2D eigenvalue weighted by molar-refractivity contribution is -0.130. The third-order valence-corrected chi connectivity index (χ3v) is 2.94. The SMILES string of the molecule is CCCC1NC(C)C(=O)N1CCOCCOC. The zero-order chi connectivity index (χ0) is 12.7. The van der Waals surface area contributed by atoms with Crippen LogP contribution in [0.1, 0.15) is 26.7 Å². The van der Waals surface area contributed by atoms with Crippen molar-refractivity contribution in [3.8, 4) is 0 Å².